The molecular formula is C11H17F3O4. The second-order valence-electron chi connectivity index (χ2n) is 4.64. The molecule has 7 heteroatoms. The van der Waals surface area contributed by atoms with Crippen LogP contribution in [0.3, 0.4) is 0 Å². The molecule has 0 saturated carbocycles. The standard InChI is InChI=1S/C11H17F3O4/c1-6-7(18-9(2,3)4)10(16,8(15)17-5)11(12,13)14/h6-7,16H,1H2,2-5H3/t7-,10-/m1/s1. The first kappa shape index (κ1) is 16.9. The predicted octanol–water partition coefficient (Wildman–Crippen LogP) is 1.82. The topological polar surface area (TPSA) is 55.8 Å². The Bertz CT molecular complexity index is 319. The van der Waals surface area contributed by atoms with E-state index < -0.39 is 29.5 Å². The van der Waals surface area contributed by atoms with Gasteiger partial charge in [0.15, 0.2) is 0 Å². The van der Waals surface area contributed by atoms with Crippen molar-refractivity contribution >= 4 is 5.97 Å². The molecule has 0 heterocycles. The summed E-state index contributed by atoms with van der Waals surface area (Å²) in [4.78, 5) is 11.2. The lowest BCUT2D eigenvalue weighted by atomic mass is 9.94. The predicted molar refractivity (Wildman–Crippen MR) is 57.8 cm³/mol. The smallest absolute Gasteiger partial charge is 0.431 e. The van der Waals surface area contributed by atoms with E-state index in [0.717, 1.165) is 13.2 Å². The van der Waals surface area contributed by atoms with E-state index in [2.05, 4.69) is 11.3 Å². The molecule has 0 unspecified atom stereocenters. The third kappa shape index (κ3) is 3.46. The highest BCUT2D eigenvalue weighted by molar-refractivity contribution is 5.81. The van der Waals surface area contributed by atoms with Gasteiger partial charge in [-0.05, 0) is 20.8 Å². The SMILES string of the molecule is C=C[C@@H](OC(C)(C)C)[C@@](O)(C(=O)OC)C(F)(F)F. The summed E-state index contributed by atoms with van der Waals surface area (Å²) in [6.07, 6.45) is -6.50. The van der Waals surface area contributed by atoms with Crippen LogP contribution < -0.4 is 0 Å². The molecular weight excluding hydrogens is 253 g/mol. The molecule has 0 aromatic rings. The van der Waals surface area contributed by atoms with Gasteiger partial charge in [0.25, 0.3) is 5.60 Å². The Morgan fingerprint density at radius 2 is 1.78 bits per heavy atom. The van der Waals surface area contributed by atoms with Crippen LogP contribution in [0.5, 0.6) is 0 Å². The van der Waals surface area contributed by atoms with Crippen LogP contribution in [0.1, 0.15) is 20.8 Å². The van der Waals surface area contributed by atoms with Crippen LogP contribution in [-0.2, 0) is 14.3 Å². The molecule has 0 saturated heterocycles. The molecule has 18 heavy (non-hydrogen) atoms. The van der Waals surface area contributed by atoms with E-state index in [9.17, 15) is 23.1 Å². The number of ether oxygens (including phenoxy) is 2. The van der Waals surface area contributed by atoms with Crippen LogP contribution >= 0.6 is 0 Å². The fourth-order valence-corrected chi connectivity index (χ4v) is 1.23. The molecule has 1 N–H and O–H groups in total. The highest BCUT2D eigenvalue weighted by Gasteiger charge is 2.65. The summed E-state index contributed by atoms with van der Waals surface area (Å²) in [5, 5.41) is 9.64. The van der Waals surface area contributed by atoms with Gasteiger partial charge < -0.3 is 14.6 Å². The first-order chi connectivity index (χ1) is 7.90. The molecule has 0 rings (SSSR count). The van der Waals surface area contributed by atoms with Crippen molar-refractivity contribution in [3.63, 3.8) is 0 Å². The van der Waals surface area contributed by atoms with E-state index in [0.29, 0.717) is 0 Å². The van der Waals surface area contributed by atoms with Crippen LogP contribution in [0.2, 0.25) is 0 Å². The highest BCUT2D eigenvalue weighted by Crippen LogP contribution is 2.37. The Kier molecular flexibility index (Phi) is 4.96. The second kappa shape index (κ2) is 5.27. The lowest BCUT2D eigenvalue weighted by molar-refractivity contribution is -0.292. The molecule has 0 aromatic heterocycles. The molecule has 106 valence electrons. The third-order valence-electron chi connectivity index (χ3n) is 2.04. The fraction of sp³-hybridized carbons (Fsp3) is 0.727. The molecule has 0 aliphatic rings. The number of hydrogen-bond acceptors (Lipinski definition) is 4. The highest BCUT2D eigenvalue weighted by atomic mass is 19.4. The molecule has 0 amide bonds. The summed E-state index contributed by atoms with van der Waals surface area (Å²) in [7, 11) is 0.746. The first-order valence-corrected chi connectivity index (χ1v) is 5.08. The molecule has 0 aliphatic heterocycles. The number of carbonyl (C=O) groups is 1. The minimum atomic E-state index is -5.25. The number of alkyl halides is 3. The van der Waals surface area contributed by atoms with Gasteiger partial charge in [0.05, 0.1) is 12.7 Å². The third-order valence-corrected chi connectivity index (χ3v) is 2.04. The number of methoxy groups -OCH3 is 1. The Hall–Kier alpha value is -1.08. The number of esters is 1. The summed E-state index contributed by atoms with van der Waals surface area (Å²) in [5.41, 5.74) is -4.79. The normalized spacial score (nSPS) is 17.8. The molecule has 2 atom stereocenters. The van der Waals surface area contributed by atoms with Crippen molar-refractivity contribution in [2.24, 2.45) is 0 Å². The van der Waals surface area contributed by atoms with Gasteiger partial charge in [0, 0.05) is 0 Å². The maximum Gasteiger partial charge on any atom is 0.431 e. The van der Waals surface area contributed by atoms with Crippen LogP contribution in [0.4, 0.5) is 13.2 Å². The van der Waals surface area contributed by atoms with Crippen molar-refractivity contribution in [3.8, 4) is 0 Å². The minimum Gasteiger partial charge on any atom is -0.467 e. The molecule has 0 bridgehead atoms. The van der Waals surface area contributed by atoms with Crippen molar-refractivity contribution in [2.75, 3.05) is 7.11 Å². The van der Waals surface area contributed by atoms with Gasteiger partial charge in [-0.15, -0.1) is 6.58 Å². The van der Waals surface area contributed by atoms with E-state index >= 15 is 0 Å². The molecule has 4 nitrogen and oxygen atoms in total. The van der Waals surface area contributed by atoms with Crippen molar-refractivity contribution in [3.05, 3.63) is 12.7 Å². The van der Waals surface area contributed by atoms with Gasteiger partial charge in [-0.25, -0.2) is 4.79 Å². The largest absolute Gasteiger partial charge is 0.467 e. The zero-order valence-electron chi connectivity index (χ0n) is 10.7. The Labute approximate surface area is 103 Å². The maximum atomic E-state index is 12.9. The lowest BCUT2D eigenvalue weighted by Gasteiger charge is -2.36. The molecule has 0 spiro atoms. The number of hydrogen-bond donors (Lipinski definition) is 1. The minimum absolute atomic E-state index is 0.718. The summed E-state index contributed by atoms with van der Waals surface area (Å²) in [6, 6.07) is 0. The van der Waals surface area contributed by atoms with Gasteiger partial charge in [0.2, 0.25) is 0 Å². The average molecular weight is 270 g/mol. The average Bonchev–Trinajstić information content (AvgIpc) is 2.20. The van der Waals surface area contributed by atoms with E-state index in [1.807, 2.05) is 0 Å². The van der Waals surface area contributed by atoms with Gasteiger partial charge in [-0.2, -0.15) is 13.2 Å². The van der Waals surface area contributed by atoms with Gasteiger partial charge in [-0.3, -0.25) is 0 Å². The van der Waals surface area contributed by atoms with Crippen molar-refractivity contribution in [1.82, 2.24) is 0 Å². The van der Waals surface area contributed by atoms with Crippen LogP contribution in [0.25, 0.3) is 0 Å². The number of halogens is 3. The number of carbonyl (C=O) groups excluding carboxylic acids is 1. The number of rotatable bonds is 4. The van der Waals surface area contributed by atoms with Gasteiger partial charge in [-0.1, -0.05) is 6.08 Å². The van der Waals surface area contributed by atoms with Crippen LogP contribution in [0, 0.1) is 0 Å². The van der Waals surface area contributed by atoms with Crippen LogP contribution in [-0.4, -0.2) is 41.7 Å². The maximum absolute atomic E-state index is 12.9. The lowest BCUT2D eigenvalue weighted by Crippen LogP contribution is -2.62. The summed E-state index contributed by atoms with van der Waals surface area (Å²) >= 11 is 0. The van der Waals surface area contributed by atoms with Gasteiger partial charge >= 0.3 is 12.1 Å². The van der Waals surface area contributed by atoms with Crippen molar-refractivity contribution in [2.45, 2.75) is 44.3 Å². The summed E-state index contributed by atoms with van der Waals surface area (Å²) < 4.78 is 47.6. The van der Waals surface area contributed by atoms with Crippen molar-refractivity contribution in [1.29, 1.82) is 0 Å². The zero-order chi connectivity index (χ0) is 14.8. The number of aliphatic hydroxyl groups is 1. The monoisotopic (exact) mass is 270 g/mol. The van der Waals surface area contributed by atoms with E-state index in [1.54, 1.807) is 0 Å². The quantitative estimate of drug-likeness (QED) is 0.625. The summed E-state index contributed by atoms with van der Waals surface area (Å²) in [6.45, 7) is 7.60. The fourth-order valence-electron chi connectivity index (χ4n) is 1.23. The Morgan fingerprint density at radius 1 is 1.33 bits per heavy atom. The summed E-state index contributed by atoms with van der Waals surface area (Å²) in [5.74, 6) is -1.84. The Balaban J connectivity index is 5.56. The van der Waals surface area contributed by atoms with E-state index in [-0.39, 0.29) is 0 Å². The van der Waals surface area contributed by atoms with E-state index in [1.165, 1.54) is 20.8 Å². The Morgan fingerprint density at radius 3 is 2.00 bits per heavy atom. The molecule has 0 aromatic carbocycles. The first-order valence-electron chi connectivity index (χ1n) is 5.08. The molecule has 0 aliphatic carbocycles. The van der Waals surface area contributed by atoms with Crippen molar-refractivity contribution < 1.29 is 32.5 Å². The van der Waals surface area contributed by atoms with Gasteiger partial charge in [0.1, 0.15) is 6.10 Å². The zero-order valence-corrected chi connectivity index (χ0v) is 10.7. The second-order valence-corrected chi connectivity index (χ2v) is 4.64. The van der Waals surface area contributed by atoms with Crippen LogP contribution in [0.15, 0.2) is 12.7 Å². The molecule has 0 fully saturated rings. The molecule has 0 radical (unpaired) electrons. The van der Waals surface area contributed by atoms with E-state index in [4.69, 9.17) is 4.74 Å².